The molecule has 1 heterocycles. The van der Waals surface area contributed by atoms with E-state index in [2.05, 4.69) is 20.6 Å². The SMILES string of the molecule is CCC(C)[C@H](NC)C(=O)O.CN[C@@H](Cc1cnc[nH]1)C(=O)O. The molecule has 1 aromatic heterocycles. The molecule has 0 aliphatic carbocycles. The number of aromatic amines is 1. The third-order valence-corrected chi connectivity index (χ3v) is 3.42. The van der Waals surface area contributed by atoms with Gasteiger partial charge in [-0.2, -0.15) is 0 Å². The Labute approximate surface area is 130 Å². The summed E-state index contributed by atoms with van der Waals surface area (Å²) >= 11 is 0. The fourth-order valence-electron chi connectivity index (χ4n) is 1.82. The van der Waals surface area contributed by atoms with E-state index >= 15 is 0 Å². The van der Waals surface area contributed by atoms with Crippen LogP contribution in [0.1, 0.15) is 26.0 Å². The van der Waals surface area contributed by atoms with Crippen LogP contribution < -0.4 is 10.6 Å². The zero-order valence-corrected chi connectivity index (χ0v) is 13.5. The van der Waals surface area contributed by atoms with E-state index in [1.165, 1.54) is 6.33 Å². The zero-order valence-electron chi connectivity index (χ0n) is 13.5. The van der Waals surface area contributed by atoms with Crippen molar-refractivity contribution >= 4 is 11.9 Å². The number of aliphatic carboxylic acids is 2. The maximum Gasteiger partial charge on any atom is 0.321 e. The molecule has 0 saturated heterocycles. The van der Waals surface area contributed by atoms with Crippen LogP contribution in [0.4, 0.5) is 0 Å². The van der Waals surface area contributed by atoms with Crippen molar-refractivity contribution in [2.24, 2.45) is 5.92 Å². The van der Waals surface area contributed by atoms with Crippen LogP contribution >= 0.6 is 0 Å². The van der Waals surface area contributed by atoms with Crippen LogP contribution in [0.5, 0.6) is 0 Å². The van der Waals surface area contributed by atoms with E-state index in [0.29, 0.717) is 6.42 Å². The van der Waals surface area contributed by atoms with E-state index in [1.54, 1.807) is 20.3 Å². The van der Waals surface area contributed by atoms with Crippen molar-refractivity contribution in [3.63, 3.8) is 0 Å². The van der Waals surface area contributed by atoms with Crippen molar-refractivity contribution in [1.29, 1.82) is 0 Å². The average Bonchev–Trinajstić information content (AvgIpc) is 2.98. The summed E-state index contributed by atoms with van der Waals surface area (Å²) in [5.41, 5.74) is 0.816. The minimum atomic E-state index is -0.855. The second kappa shape index (κ2) is 10.7. The fourth-order valence-corrected chi connectivity index (χ4v) is 1.82. The molecule has 8 heteroatoms. The van der Waals surface area contributed by atoms with Crippen molar-refractivity contribution in [2.75, 3.05) is 14.1 Å². The van der Waals surface area contributed by atoms with Crippen molar-refractivity contribution in [3.8, 4) is 0 Å². The Morgan fingerprint density at radius 3 is 2.18 bits per heavy atom. The lowest BCUT2D eigenvalue weighted by Gasteiger charge is -2.16. The average molecular weight is 314 g/mol. The van der Waals surface area contributed by atoms with Crippen LogP contribution in [0, 0.1) is 5.92 Å². The molecule has 0 saturated carbocycles. The first-order chi connectivity index (χ1) is 10.4. The van der Waals surface area contributed by atoms with Gasteiger partial charge in [-0.05, 0) is 20.0 Å². The Morgan fingerprint density at radius 2 is 1.91 bits per heavy atom. The van der Waals surface area contributed by atoms with Gasteiger partial charge in [-0.3, -0.25) is 9.59 Å². The molecule has 1 unspecified atom stereocenters. The molecular weight excluding hydrogens is 288 g/mol. The topological polar surface area (TPSA) is 127 Å². The zero-order chi connectivity index (χ0) is 17.1. The van der Waals surface area contributed by atoms with Gasteiger partial charge in [-0.25, -0.2) is 4.98 Å². The van der Waals surface area contributed by atoms with Gasteiger partial charge in [0.1, 0.15) is 12.1 Å². The van der Waals surface area contributed by atoms with E-state index < -0.39 is 24.0 Å². The van der Waals surface area contributed by atoms with Gasteiger partial charge in [0, 0.05) is 18.3 Å². The summed E-state index contributed by atoms with van der Waals surface area (Å²) in [7, 11) is 3.29. The highest BCUT2D eigenvalue weighted by Gasteiger charge is 2.20. The standard InChI is InChI=1S/C7H11N3O2.C7H15NO2/c1-8-6(7(11)12)2-5-3-9-4-10-5;1-4-5(2)6(8-3)7(9)10/h3-4,6,8H,2H2,1H3,(H,9,10)(H,11,12);5-6,8H,4H2,1-3H3,(H,9,10)/t6-;5?,6-/m00/s1. The molecule has 8 nitrogen and oxygen atoms in total. The van der Waals surface area contributed by atoms with Crippen molar-refractivity contribution in [2.45, 2.75) is 38.8 Å². The smallest absolute Gasteiger partial charge is 0.321 e. The van der Waals surface area contributed by atoms with Crippen molar-refractivity contribution in [3.05, 3.63) is 18.2 Å². The van der Waals surface area contributed by atoms with E-state index in [0.717, 1.165) is 12.1 Å². The van der Waals surface area contributed by atoms with E-state index in [4.69, 9.17) is 10.2 Å². The summed E-state index contributed by atoms with van der Waals surface area (Å²) in [5.74, 6) is -1.42. The van der Waals surface area contributed by atoms with E-state index in [1.807, 2.05) is 13.8 Å². The molecule has 0 spiro atoms. The second-order valence-corrected chi connectivity index (χ2v) is 4.95. The number of likely N-dealkylation sites (N-methyl/N-ethyl adjacent to an activating group) is 2. The molecule has 0 aromatic carbocycles. The number of rotatable bonds is 8. The summed E-state index contributed by atoms with van der Waals surface area (Å²) in [5, 5.41) is 22.7. The third kappa shape index (κ3) is 7.19. The largest absolute Gasteiger partial charge is 0.480 e. The first kappa shape index (κ1) is 20.1. The molecule has 0 bridgehead atoms. The van der Waals surface area contributed by atoms with Gasteiger partial charge in [0.25, 0.3) is 0 Å². The molecule has 0 aliphatic rings. The van der Waals surface area contributed by atoms with Gasteiger partial charge >= 0.3 is 11.9 Å². The first-order valence-corrected chi connectivity index (χ1v) is 7.14. The molecule has 0 radical (unpaired) electrons. The molecule has 126 valence electrons. The van der Waals surface area contributed by atoms with Crippen LogP contribution in [-0.4, -0.2) is 58.3 Å². The van der Waals surface area contributed by atoms with E-state index in [-0.39, 0.29) is 5.92 Å². The molecule has 22 heavy (non-hydrogen) atoms. The quantitative estimate of drug-likeness (QED) is 0.468. The van der Waals surface area contributed by atoms with E-state index in [9.17, 15) is 9.59 Å². The van der Waals surface area contributed by atoms with Gasteiger partial charge in [0.05, 0.1) is 6.33 Å². The molecule has 0 aliphatic heterocycles. The molecule has 0 fully saturated rings. The number of hydrogen-bond acceptors (Lipinski definition) is 5. The van der Waals surface area contributed by atoms with Gasteiger partial charge in [0.2, 0.25) is 0 Å². The van der Waals surface area contributed by atoms with Crippen LogP contribution in [0.25, 0.3) is 0 Å². The molecule has 5 N–H and O–H groups in total. The summed E-state index contributed by atoms with van der Waals surface area (Å²) in [6, 6.07) is -0.949. The molecule has 1 rings (SSSR count). The summed E-state index contributed by atoms with van der Waals surface area (Å²) in [4.78, 5) is 27.7. The summed E-state index contributed by atoms with van der Waals surface area (Å²) in [6.07, 6.45) is 4.46. The van der Waals surface area contributed by atoms with Crippen molar-refractivity contribution < 1.29 is 19.8 Å². The molecule has 3 atom stereocenters. The number of hydrogen-bond donors (Lipinski definition) is 5. The lowest BCUT2D eigenvalue weighted by Crippen LogP contribution is -2.39. The Balaban J connectivity index is 0.000000409. The Hall–Kier alpha value is -1.93. The number of nitrogens with one attached hydrogen (secondary N) is 3. The highest BCUT2D eigenvalue weighted by Crippen LogP contribution is 2.06. The number of aromatic nitrogens is 2. The molecule has 0 amide bonds. The van der Waals surface area contributed by atoms with Crippen LogP contribution in [0.15, 0.2) is 12.5 Å². The Morgan fingerprint density at radius 1 is 1.27 bits per heavy atom. The maximum absolute atomic E-state index is 10.6. The number of imidazole rings is 1. The van der Waals surface area contributed by atoms with Crippen LogP contribution in [0.2, 0.25) is 0 Å². The van der Waals surface area contributed by atoms with Crippen LogP contribution in [-0.2, 0) is 16.0 Å². The van der Waals surface area contributed by atoms with Gasteiger partial charge < -0.3 is 25.8 Å². The minimum Gasteiger partial charge on any atom is -0.480 e. The number of carboxylic acids is 2. The Bertz CT molecular complexity index is 436. The predicted molar refractivity (Wildman–Crippen MR) is 82.7 cm³/mol. The lowest BCUT2D eigenvalue weighted by atomic mass is 10.00. The predicted octanol–water partition coefficient (Wildman–Crippen LogP) is 0.330. The Kier molecular flexibility index (Phi) is 9.80. The maximum atomic E-state index is 10.6. The molecular formula is C14H26N4O4. The van der Waals surface area contributed by atoms with Crippen LogP contribution in [0.3, 0.4) is 0 Å². The lowest BCUT2D eigenvalue weighted by molar-refractivity contribution is -0.141. The van der Waals surface area contributed by atoms with Gasteiger partial charge in [0.15, 0.2) is 0 Å². The highest BCUT2D eigenvalue weighted by atomic mass is 16.4. The number of carbonyl (C=O) groups is 2. The number of carboxylic acid groups (broad SMARTS) is 2. The van der Waals surface area contributed by atoms with Crippen molar-refractivity contribution in [1.82, 2.24) is 20.6 Å². The first-order valence-electron chi connectivity index (χ1n) is 7.14. The third-order valence-electron chi connectivity index (χ3n) is 3.42. The second-order valence-electron chi connectivity index (χ2n) is 4.95. The minimum absolute atomic E-state index is 0.197. The number of nitrogens with zero attached hydrogens (tertiary/aromatic N) is 1. The fraction of sp³-hybridized carbons (Fsp3) is 0.643. The summed E-state index contributed by atoms with van der Waals surface area (Å²) in [6.45, 7) is 3.91. The summed E-state index contributed by atoms with van der Waals surface area (Å²) < 4.78 is 0. The molecule has 1 aromatic rings. The normalized spacial score (nSPS) is 14.4. The monoisotopic (exact) mass is 314 g/mol. The van der Waals surface area contributed by atoms with Gasteiger partial charge in [-0.15, -0.1) is 0 Å². The van der Waals surface area contributed by atoms with Gasteiger partial charge in [-0.1, -0.05) is 20.3 Å². The number of H-pyrrole nitrogens is 1. The highest BCUT2D eigenvalue weighted by molar-refractivity contribution is 5.74.